The summed E-state index contributed by atoms with van der Waals surface area (Å²) >= 11 is 0. The van der Waals surface area contributed by atoms with Crippen LogP contribution in [-0.2, 0) is 21.9 Å². The van der Waals surface area contributed by atoms with Gasteiger partial charge >= 0.3 is 12.4 Å². The number of alkyl halides is 6. The van der Waals surface area contributed by atoms with Gasteiger partial charge in [0.2, 0.25) is 0 Å². The number of halogens is 6. The van der Waals surface area contributed by atoms with Crippen molar-refractivity contribution < 1.29 is 41.0 Å². The van der Waals surface area contributed by atoms with Gasteiger partial charge in [-0.2, -0.15) is 26.3 Å². The number of ether oxygens (including phenoxy) is 1. The van der Waals surface area contributed by atoms with E-state index in [4.69, 9.17) is 10.5 Å². The second-order valence-corrected chi connectivity index (χ2v) is 7.60. The molecule has 1 unspecified atom stereocenters. The molecule has 1 aliphatic heterocycles. The van der Waals surface area contributed by atoms with Crippen molar-refractivity contribution in [3.63, 3.8) is 0 Å². The number of aliphatic hydroxyl groups is 1. The number of hydrogen-bond acceptors (Lipinski definition) is 4. The third-order valence-electron chi connectivity index (χ3n) is 5.09. The molecule has 1 fully saturated rings. The molecule has 1 heterocycles. The zero-order valence-electron chi connectivity index (χ0n) is 15.7. The maximum Gasteiger partial charge on any atom is 0.416 e. The predicted molar refractivity (Wildman–Crippen MR) is 90.6 cm³/mol. The van der Waals surface area contributed by atoms with Crippen molar-refractivity contribution in [1.29, 1.82) is 0 Å². The van der Waals surface area contributed by atoms with Crippen molar-refractivity contribution >= 4 is 5.91 Å². The summed E-state index contributed by atoms with van der Waals surface area (Å²) in [5, 5.41) is 13.0. The Labute approximate surface area is 163 Å². The molecular weight excluding hydrogens is 406 g/mol. The molecule has 5 nitrogen and oxygen atoms in total. The van der Waals surface area contributed by atoms with E-state index in [1.165, 1.54) is 6.92 Å². The number of β-amino-alcohol motifs (C(OH)–C–C–N with tert-alkyl or cyclic N) is 1. The Balaban J connectivity index is 2.15. The number of benzene rings is 1. The van der Waals surface area contributed by atoms with Crippen molar-refractivity contribution in [2.24, 2.45) is 5.73 Å². The smallest absolute Gasteiger partial charge is 0.379 e. The molecule has 3 atom stereocenters. The van der Waals surface area contributed by atoms with E-state index in [1.807, 2.05) is 0 Å². The first kappa shape index (κ1) is 23.4. The quantitative estimate of drug-likeness (QED) is 0.629. The molecule has 1 saturated heterocycles. The highest BCUT2D eigenvalue weighted by molar-refractivity contribution is 5.83. The van der Waals surface area contributed by atoms with Gasteiger partial charge in [0.05, 0.1) is 23.8 Å². The largest absolute Gasteiger partial charge is 0.416 e. The predicted octanol–water partition coefficient (Wildman–Crippen LogP) is 3.16. The summed E-state index contributed by atoms with van der Waals surface area (Å²) in [5.74, 6) is -0.884. The number of primary amides is 1. The lowest BCUT2D eigenvalue weighted by Crippen LogP contribution is -2.62. The first-order valence-electron chi connectivity index (χ1n) is 8.74. The van der Waals surface area contributed by atoms with Gasteiger partial charge in [-0.1, -0.05) is 0 Å². The number of rotatable bonds is 5. The fourth-order valence-electron chi connectivity index (χ4n) is 2.97. The topological polar surface area (TPSA) is 84.6 Å². The van der Waals surface area contributed by atoms with Crippen LogP contribution in [0.1, 0.15) is 49.5 Å². The van der Waals surface area contributed by atoms with Crippen molar-refractivity contribution in [2.45, 2.75) is 56.3 Å². The zero-order valence-corrected chi connectivity index (χ0v) is 15.7. The minimum absolute atomic E-state index is 0.0470. The van der Waals surface area contributed by atoms with E-state index < -0.39 is 46.6 Å². The molecule has 2 rings (SSSR count). The van der Waals surface area contributed by atoms with Gasteiger partial charge in [0.1, 0.15) is 0 Å². The van der Waals surface area contributed by atoms with Gasteiger partial charge in [-0.15, -0.1) is 0 Å². The van der Waals surface area contributed by atoms with Gasteiger partial charge in [-0.3, -0.25) is 4.79 Å². The van der Waals surface area contributed by atoms with Gasteiger partial charge in [-0.05, 0) is 50.5 Å². The number of hydrogen-bond donors (Lipinski definition) is 3. The van der Waals surface area contributed by atoms with Crippen LogP contribution in [-0.4, -0.2) is 35.3 Å². The number of piperidine rings is 1. The average molecular weight is 428 g/mol. The maximum atomic E-state index is 13.0. The first-order valence-corrected chi connectivity index (χ1v) is 8.74. The minimum atomic E-state index is -4.94. The summed E-state index contributed by atoms with van der Waals surface area (Å²) in [6, 6.07) is 1.32. The van der Waals surface area contributed by atoms with E-state index in [1.54, 1.807) is 6.92 Å². The Hall–Kier alpha value is -1.85. The fraction of sp³-hybridized carbons (Fsp3) is 0.611. The highest BCUT2D eigenvalue weighted by atomic mass is 19.4. The molecule has 0 spiro atoms. The van der Waals surface area contributed by atoms with Gasteiger partial charge < -0.3 is 20.9 Å². The molecule has 0 aliphatic carbocycles. The van der Waals surface area contributed by atoms with Crippen LogP contribution in [0.3, 0.4) is 0 Å². The summed E-state index contributed by atoms with van der Waals surface area (Å²) in [7, 11) is 0. The van der Waals surface area contributed by atoms with Crippen LogP contribution in [0.4, 0.5) is 26.3 Å². The van der Waals surface area contributed by atoms with Crippen molar-refractivity contribution in [2.75, 3.05) is 13.2 Å². The summed E-state index contributed by atoms with van der Waals surface area (Å²) in [5.41, 5.74) is -0.403. The molecule has 1 aromatic carbocycles. The molecule has 1 amide bonds. The number of nitrogens with two attached hydrogens (primary N) is 1. The highest BCUT2D eigenvalue weighted by Gasteiger charge is 2.43. The Kier molecular flexibility index (Phi) is 6.27. The van der Waals surface area contributed by atoms with Gasteiger partial charge in [0.15, 0.2) is 5.60 Å². The molecule has 0 radical (unpaired) electrons. The van der Waals surface area contributed by atoms with Crippen LogP contribution in [0, 0.1) is 0 Å². The van der Waals surface area contributed by atoms with Crippen LogP contribution in [0.25, 0.3) is 0 Å². The summed E-state index contributed by atoms with van der Waals surface area (Å²) in [6.45, 7) is 2.84. The molecule has 4 N–H and O–H groups in total. The minimum Gasteiger partial charge on any atom is -0.379 e. The normalized spacial score (nSPS) is 26.9. The van der Waals surface area contributed by atoms with Gasteiger partial charge in [0.25, 0.3) is 5.91 Å². The number of carbonyl (C=O) groups is 1. The lowest BCUT2D eigenvalue weighted by Gasteiger charge is -2.41. The van der Waals surface area contributed by atoms with Crippen LogP contribution in [0.2, 0.25) is 0 Å². The van der Waals surface area contributed by atoms with Crippen molar-refractivity contribution in [3.05, 3.63) is 34.9 Å². The molecular formula is C18H22F6N2O3. The molecule has 1 aliphatic rings. The van der Waals surface area contributed by atoms with Gasteiger partial charge in [-0.25, -0.2) is 0 Å². The number of amides is 1. The zero-order chi connectivity index (χ0) is 22.3. The highest BCUT2D eigenvalue weighted by Crippen LogP contribution is 2.38. The van der Waals surface area contributed by atoms with Crippen LogP contribution >= 0.6 is 0 Å². The van der Waals surface area contributed by atoms with E-state index in [0.29, 0.717) is 12.1 Å². The first-order chi connectivity index (χ1) is 13.1. The van der Waals surface area contributed by atoms with Gasteiger partial charge in [0, 0.05) is 12.1 Å². The summed E-state index contributed by atoms with van der Waals surface area (Å²) < 4.78 is 83.5. The van der Waals surface area contributed by atoms with Crippen molar-refractivity contribution in [3.8, 4) is 0 Å². The molecule has 0 bridgehead atoms. The van der Waals surface area contributed by atoms with E-state index >= 15 is 0 Å². The van der Waals surface area contributed by atoms with Crippen molar-refractivity contribution in [1.82, 2.24) is 5.32 Å². The Morgan fingerprint density at radius 2 is 1.69 bits per heavy atom. The Morgan fingerprint density at radius 1 is 1.17 bits per heavy atom. The van der Waals surface area contributed by atoms with E-state index in [2.05, 4.69) is 5.32 Å². The lowest BCUT2D eigenvalue weighted by atomic mass is 9.83. The molecule has 0 saturated carbocycles. The molecule has 0 aromatic heterocycles. The van der Waals surface area contributed by atoms with E-state index in [-0.39, 0.29) is 37.6 Å². The molecule has 1 aromatic rings. The van der Waals surface area contributed by atoms with Crippen LogP contribution in [0.15, 0.2) is 18.2 Å². The standard InChI is InChI=1S/C18H22F6N2O3/c1-10(29-9-15(2)3-4-16(28,8-26-15)14(25)27)11-5-12(17(19,20)21)7-13(6-11)18(22,23)24/h5-7,10,26,28H,3-4,8-9H2,1-2H3,(H2,25,27)/t10-,15-,16?/m1/s1. The van der Waals surface area contributed by atoms with Crippen LogP contribution < -0.4 is 11.1 Å². The SMILES string of the molecule is C[C@@H](OC[C@@]1(C)CCC(O)(C(N)=O)CN1)c1cc(C(F)(F)F)cc(C(F)(F)F)c1. The van der Waals surface area contributed by atoms with E-state index in [0.717, 1.165) is 0 Å². The summed E-state index contributed by atoms with van der Waals surface area (Å²) in [4.78, 5) is 11.3. The maximum absolute atomic E-state index is 13.0. The molecule has 164 valence electrons. The average Bonchev–Trinajstić information content (AvgIpc) is 2.60. The fourth-order valence-corrected chi connectivity index (χ4v) is 2.97. The molecule has 11 heteroatoms. The Morgan fingerprint density at radius 3 is 2.07 bits per heavy atom. The second kappa shape index (κ2) is 7.77. The third-order valence-corrected chi connectivity index (χ3v) is 5.09. The number of nitrogens with one attached hydrogen (secondary N) is 1. The van der Waals surface area contributed by atoms with E-state index in [9.17, 15) is 36.2 Å². The monoisotopic (exact) mass is 428 g/mol. The lowest BCUT2D eigenvalue weighted by molar-refractivity contribution is -0.143. The second-order valence-electron chi connectivity index (χ2n) is 7.60. The Bertz CT molecular complexity index is 723. The van der Waals surface area contributed by atoms with Crippen LogP contribution in [0.5, 0.6) is 0 Å². The summed E-state index contributed by atoms with van der Waals surface area (Å²) in [6.07, 6.45) is -10.6. The third kappa shape index (κ3) is 5.61. The molecule has 29 heavy (non-hydrogen) atoms. The number of carbonyl (C=O) groups excluding carboxylic acids is 1.